The maximum absolute atomic E-state index is 14.0. The third-order valence-electron chi connectivity index (χ3n) is 4.84. The summed E-state index contributed by atoms with van der Waals surface area (Å²) in [4.78, 5) is 26.4. The van der Waals surface area contributed by atoms with Gasteiger partial charge in [-0.25, -0.2) is 4.39 Å². The van der Waals surface area contributed by atoms with Crippen LogP contribution in [0.15, 0.2) is 66.7 Å². The van der Waals surface area contributed by atoms with Gasteiger partial charge in [0.1, 0.15) is 11.6 Å². The molecule has 0 aliphatic carbocycles. The highest BCUT2D eigenvalue weighted by molar-refractivity contribution is 6.06. The van der Waals surface area contributed by atoms with E-state index in [0.717, 1.165) is 5.56 Å². The van der Waals surface area contributed by atoms with Crippen LogP contribution < -0.4 is 15.0 Å². The topological polar surface area (TPSA) is 58.6 Å². The maximum Gasteiger partial charge on any atom is 0.265 e. The summed E-state index contributed by atoms with van der Waals surface area (Å²) >= 11 is 0. The van der Waals surface area contributed by atoms with Crippen molar-refractivity contribution in [2.75, 3.05) is 16.8 Å². The van der Waals surface area contributed by atoms with E-state index in [1.807, 2.05) is 25.1 Å². The molecule has 1 aliphatic heterocycles. The first kappa shape index (κ1) is 18.7. The summed E-state index contributed by atoms with van der Waals surface area (Å²) in [6, 6.07) is 18.7. The molecule has 29 heavy (non-hydrogen) atoms. The average Bonchev–Trinajstić information content (AvgIpc) is 2.72. The van der Waals surface area contributed by atoms with Crippen LogP contribution in [0, 0.1) is 12.7 Å². The Bertz CT molecular complexity index is 1100. The smallest absolute Gasteiger partial charge is 0.265 e. The first-order valence-corrected chi connectivity index (χ1v) is 9.20. The number of hydrogen-bond acceptors (Lipinski definition) is 3. The summed E-state index contributed by atoms with van der Waals surface area (Å²) < 4.78 is 19.6. The summed E-state index contributed by atoms with van der Waals surface area (Å²) in [5.74, 6) is -0.380. The van der Waals surface area contributed by atoms with Crippen molar-refractivity contribution >= 4 is 23.2 Å². The second-order valence-electron chi connectivity index (χ2n) is 6.81. The molecule has 5 nitrogen and oxygen atoms in total. The minimum absolute atomic E-state index is 0.108. The molecular formula is C23H19FN2O3. The van der Waals surface area contributed by atoms with Gasteiger partial charge >= 0.3 is 0 Å². The van der Waals surface area contributed by atoms with Crippen LogP contribution in [0.4, 0.5) is 15.8 Å². The molecule has 0 spiro atoms. The van der Waals surface area contributed by atoms with Crippen LogP contribution in [0.5, 0.6) is 5.75 Å². The zero-order valence-electron chi connectivity index (χ0n) is 15.8. The van der Waals surface area contributed by atoms with Gasteiger partial charge in [0.15, 0.2) is 6.61 Å². The predicted molar refractivity (Wildman–Crippen MR) is 109 cm³/mol. The number of aryl methyl sites for hydroxylation is 1. The molecule has 0 bridgehead atoms. The number of halogens is 1. The van der Waals surface area contributed by atoms with Crippen molar-refractivity contribution < 1.29 is 18.7 Å². The summed E-state index contributed by atoms with van der Waals surface area (Å²) in [5, 5.41) is 2.85. The molecular weight excluding hydrogens is 371 g/mol. The first-order valence-electron chi connectivity index (χ1n) is 9.20. The third kappa shape index (κ3) is 3.82. The van der Waals surface area contributed by atoms with Crippen LogP contribution in [0.3, 0.4) is 0 Å². The number of nitrogens with zero attached hydrogens (tertiary/aromatic N) is 1. The summed E-state index contributed by atoms with van der Waals surface area (Å²) in [6.45, 7) is 1.84. The van der Waals surface area contributed by atoms with Crippen LogP contribution in [0.25, 0.3) is 0 Å². The minimum atomic E-state index is -0.365. The lowest BCUT2D eigenvalue weighted by Crippen LogP contribution is -2.38. The van der Waals surface area contributed by atoms with Crippen LogP contribution in [-0.2, 0) is 11.3 Å². The number of nitrogens with one attached hydrogen (secondary N) is 1. The molecule has 0 aromatic heterocycles. The van der Waals surface area contributed by atoms with Gasteiger partial charge < -0.3 is 15.0 Å². The highest BCUT2D eigenvalue weighted by atomic mass is 19.1. The molecule has 1 heterocycles. The quantitative estimate of drug-likeness (QED) is 0.722. The number of amides is 2. The Kier molecular flexibility index (Phi) is 4.99. The van der Waals surface area contributed by atoms with Gasteiger partial charge in [-0.1, -0.05) is 36.4 Å². The Morgan fingerprint density at radius 3 is 2.66 bits per heavy atom. The van der Waals surface area contributed by atoms with Gasteiger partial charge in [0.05, 0.1) is 12.2 Å². The Morgan fingerprint density at radius 1 is 1.10 bits per heavy atom. The van der Waals surface area contributed by atoms with Crippen molar-refractivity contribution in [3.63, 3.8) is 0 Å². The zero-order chi connectivity index (χ0) is 20.4. The van der Waals surface area contributed by atoms with E-state index in [0.29, 0.717) is 28.3 Å². The van der Waals surface area contributed by atoms with E-state index in [-0.39, 0.29) is 30.8 Å². The molecule has 0 unspecified atom stereocenters. The molecule has 0 radical (unpaired) electrons. The Morgan fingerprint density at radius 2 is 1.86 bits per heavy atom. The van der Waals surface area contributed by atoms with E-state index in [2.05, 4.69) is 5.32 Å². The molecule has 0 saturated carbocycles. The number of rotatable bonds is 4. The van der Waals surface area contributed by atoms with Gasteiger partial charge in [-0.3, -0.25) is 9.59 Å². The number of fused-ring (bicyclic) bond motifs is 1. The van der Waals surface area contributed by atoms with E-state index < -0.39 is 0 Å². The molecule has 0 saturated heterocycles. The standard InChI is InChI=1S/C23H19FN2O3/c1-15-6-2-4-8-18(15)23(28)25-17-10-11-20-21(12-17)29-14-22(27)26(20)13-16-7-3-5-9-19(16)24/h2-12H,13-14H2,1H3,(H,25,28). The number of ether oxygens (including phenoxy) is 1. The number of hydrogen-bond donors (Lipinski definition) is 1. The lowest BCUT2D eigenvalue weighted by atomic mass is 10.1. The Labute approximate surface area is 167 Å². The van der Waals surface area contributed by atoms with Crippen molar-refractivity contribution in [2.45, 2.75) is 13.5 Å². The van der Waals surface area contributed by atoms with Gasteiger partial charge in [-0.15, -0.1) is 0 Å². The number of benzene rings is 3. The van der Waals surface area contributed by atoms with Gasteiger partial charge in [0, 0.05) is 22.9 Å². The van der Waals surface area contributed by atoms with Crippen LogP contribution in [0.1, 0.15) is 21.5 Å². The zero-order valence-corrected chi connectivity index (χ0v) is 15.8. The number of carbonyl (C=O) groups excluding carboxylic acids is 2. The summed E-state index contributed by atoms with van der Waals surface area (Å²) in [5.41, 5.74) is 2.98. The summed E-state index contributed by atoms with van der Waals surface area (Å²) in [7, 11) is 0. The number of carbonyl (C=O) groups is 2. The second-order valence-corrected chi connectivity index (χ2v) is 6.81. The second kappa shape index (κ2) is 7.75. The van der Waals surface area contributed by atoms with Crippen LogP contribution >= 0.6 is 0 Å². The molecule has 1 N–H and O–H groups in total. The molecule has 3 aromatic rings. The molecule has 2 amide bonds. The monoisotopic (exact) mass is 390 g/mol. The van der Waals surface area contributed by atoms with Gasteiger partial charge in [-0.05, 0) is 36.8 Å². The van der Waals surface area contributed by atoms with Crippen LogP contribution in [-0.4, -0.2) is 18.4 Å². The minimum Gasteiger partial charge on any atom is -0.481 e. The Balaban J connectivity index is 1.58. The Hall–Kier alpha value is -3.67. The molecule has 0 atom stereocenters. The van der Waals surface area contributed by atoms with Crippen molar-refractivity contribution in [2.24, 2.45) is 0 Å². The molecule has 4 rings (SSSR count). The molecule has 3 aromatic carbocycles. The van der Waals surface area contributed by atoms with E-state index in [4.69, 9.17) is 4.74 Å². The highest BCUT2D eigenvalue weighted by Crippen LogP contribution is 2.35. The fourth-order valence-corrected chi connectivity index (χ4v) is 3.28. The molecule has 1 aliphatic rings. The fourth-order valence-electron chi connectivity index (χ4n) is 3.28. The number of anilines is 2. The summed E-state index contributed by atoms with van der Waals surface area (Å²) in [6.07, 6.45) is 0. The first-order chi connectivity index (χ1) is 14.0. The van der Waals surface area contributed by atoms with E-state index >= 15 is 0 Å². The molecule has 146 valence electrons. The van der Waals surface area contributed by atoms with Crippen molar-refractivity contribution in [3.8, 4) is 5.75 Å². The lowest BCUT2D eigenvalue weighted by molar-refractivity contribution is -0.121. The fraction of sp³-hybridized carbons (Fsp3) is 0.130. The maximum atomic E-state index is 14.0. The van der Waals surface area contributed by atoms with E-state index in [1.54, 1.807) is 42.5 Å². The van der Waals surface area contributed by atoms with Gasteiger partial charge in [-0.2, -0.15) is 0 Å². The van der Waals surface area contributed by atoms with Gasteiger partial charge in [0.2, 0.25) is 0 Å². The predicted octanol–water partition coefficient (Wildman–Crippen LogP) is 4.31. The normalized spacial score (nSPS) is 12.9. The average molecular weight is 390 g/mol. The van der Waals surface area contributed by atoms with Crippen molar-refractivity contribution in [3.05, 3.63) is 89.2 Å². The third-order valence-corrected chi connectivity index (χ3v) is 4.84. The lowest BCUT2D eigenvalue weighted by Gasteiger charge is -2.30. The molecule has 0 fully saturated rings. The molecule has 6 heteroatoms. The van der Waals surface area contributed by atoms with Crippen molar-refractivity contribution in [1.82, 2.24) is 0 Å². The highest BCUT2D eigenvalue weighted by Gasteiger charge is 2.26. The van der Waals surface area contributed by atoms with E-state index in [1.165, 1.54) is 11.0 Å². The SMILES string of the molecule is Cc1ccccc1C(=O)Nc1ccc2c(c1)OCC(=O)N2Cc1ccccc1F. The van der Waals surface area contributed by atoms with E-state index in [9.17, 15) is 14.0 Å². The van der Waals surface area contributed by atoms with Crippen LogP contribution in [0.2, 0.25) is 0 Å². The van der Waals surface area contributed by atoms with Gasteiger partial charge in [0.25, 0.3) is 11.8 Å². The van der Waals surface area contributed by atoms with Crippen molar-refractivity contribution in [1.29, 1.82) is 0 Å². The largest absolute Gasteiger partial charge is 0.481 e.